The van der Waals surface area contributed by atoms with Crippen LogP contribution in [0.3, 0.4) is 0 Å². The zero-order valence-corrected chi connectivity index (χ0v) is 21.5. The van der Waals surface area contributed by atoms with Crippen molar-refractivity contribution in [2.75, 3.05) is 49.5 Å². The second-order valence-corrected chi connectivity index (χ2v) is 10.1. The molecule has 36 heavy (non-hydrogen) atoms. The number of β-amino-alcohol motifs (C(OH)–C–C–N with tert-alkyl or cyclic N) is 1. The molecule has 2 atom stereocenters. The Balaban J connectivity index is 1.21. The van der Waals surface area contributed by atoms with Gasteiger partial charge in [-0.2, -0.15) is 4.98 Å². The van der Waals surface area contributed by atoms with E-state index in [2.05, 4.69) is 15.2 Å². The van der Waals surface area contributed by atoms with Crippen molar-refractivity contribution in [3.63, 3.8) is 0 Å². The number of aromatic nitrogens is 2. The lowest BCUT2D eigenvalue weighted by Gasteiger charge is -2.38. The van der Waals surface area contributed by atoms with E-state index in [0.29, 0.717) is 66.6 Å². The van der Waals surface area contributed by atoms with Crippen LogP contribution in [-0.4, -0.2) is 82.2 Å². The number of halogens is 2. The third-order valence-corrected chi connectivity index (χ3v) is 7.17. The molecule has 0 aliphatic carbocycles. The minimum atomic E-state index is -0.527. The third kappa shape index (κ3) is 5.57. The van der Waals surface area contributed by atoms with Gasteiger partial charge in [0.05, 0.1) is 12.1 Å². The van der Waals surface area contributed by atoms with Crippen molar-refractivity contribution >= 4 is 46.6 Å². The maximum Gasteiger partial charge on any atom is 0.253 e. The van der Waals surface area contributed by atoms with Crippen LogP contribution < -0.4 is 10.2 Å². The number of aryl methyl sites for hydroxylation is 1. The van der Waals surface area contributed by atoms with Gasteiger partial charge in [-0.25, -0.2) is 4.98 Å². The summed E-state index contributed by atoms with van der Waals surface area (Å²) >= 11 is 11.9. The lowest BCUT2D eigenvalue weighted by molar-refractivity contribution is 0.0376. The van der Waals surface area contributed by atoms with E-state index in [1.807, 2.05) is 47.1 Å². The molecule has 2 fully saturated rings. The molecule has 2 aliphatic heterocycles. The van der Waals surface area contributed by atoms with Gasteiger partial charge in [-0.15, -0.1) is 0 Å². The number of aliphatic hydroxyl groups is 1. The summed E-state index contributed by atoms with van der Waals surface area (Å²) in [4.78, 5) is 28.3. The Kier molecular flexibility index (Phi) is 7.29. The molecule has 188 valence electrons. The van der Waals surface area contributed by atoms with Crippen molar-refractivity contribution in [1.82, 2.24) is 19.8 Å². The topological polar surface area (TPSA) is 84.8 Å². The number of aliphatic hydroxyl groups excluding tert-OH is 1. The number of hydrogen-bond donors (Lipinski definition) is 2. The van der Waals surface area contributed by atoms with Crippen molar-refractivity contribution in [3.8, 4) is 0 Å². The van der Waals surface area contributed by atoms with Gasteiger partial charge < -0.3 is 20.2 Å². The molecule has 3 aromatic rings. The Morgan fingerprint density at radius 3 is 2.25 bits per heavy atom. The maximum atomic E-state index is 12.8. The van der Waals surface area contributed by atoms with Gasteiger partial charge in [0.25, 0.3) is 5.91 Å². The maximum absolute atomic E-state index is 12.8. The molecule has 10 heteroatoms. The average molecular weight is 527 g/mol. The predicted molar refractivity (Wildman–Crippen MR) is 142 cm³/mol. The summed E-state index contributed by atoms with van der Waals surface area (Å²) in [5, 5.41) is 15.5. The van der Waals surface area contributed by atoms with E-state index >= 15 is 0 Å². The first kappa shape index (κ1) is 24.8. The number of amides is 1. The molecule has 0 spiro atoms. The van der Waals surface area contributed by atoms with Crippen molar-refractivity contribution in [1.29, 1.82) is 0 Å². The molecule has 8 nitrogen and oxygen atoms in total. The molecule has 5 rings (SSSR count). The number of rotatable bonds is 5. The molecular weight excluding hydrogens is 499 g/mol. The van der Waals surface area contributed by atoms with E-state index in [0.717, 1.165) is 11.4 Å². The SMILES string of the molecule is Cc1cc(Nc2ccc(Cl)cc2)nc(N2C[C@@H](O)[C@H](N3CCN(C(=O)c4ccc(Cl)cc4)CC3)C2)n1. The average Bonchev–Trinajstić information content (AvgIpc) is 3.27. The number of nitrogens with one attached hydrogen (secondary N) is 1. The number of piperazine rings is 1. The quantitative estimate of drug-likeness (QED) is 0.522. The standard InChI is InChI=1S/C26H28Cl2N6O2/c1-17-14-24(30-21-8-6-20(28)7-9-21)31-26(29-17)34-15-22(23(35)16-34)32-10-12-33(13-11-32)25(36)18-2-4-19(27)5-3-18/h2-9,14,22-23,35H,10-13,15-16H2,1H3,(H,29,30,31)/t22-,23-/m1/s1. The molecule has 0 saturated carbocycles. The van der Waals surface area contributed by atoms with E-state index in [4.69, 9.17) is 28.2 Å². The fourth-order valence-corrected chi connectivity index (χ4v) is 5.01. The van der Waals surface area contributed by atoms with E-state index in [1.54, 1.807) is 24.3 Å². The third-order valence-electron chi connectivity index (χ3n) is 6.66. The van der Waals surface area contributed by atoms with Gasteiger partial charge in [-0.05, 0) is 55.5 Å². The van der Waals surface area contributed by atoms with Crippen LogP contribution in [0.15, 0.2) is 54.6 Å². The van der Waals surface area contributed by atoms with Crippen molar-refractivity contribution in [2.45, 2.75) is 19.1 Å². The van der Waals surface area contributed by atoms with Gasteiger partial charge in [0.1, 0.15) is 5.82 Å². The zero-order valence-electron chi connectivity index (χ0n) is 19.9. The van der Waals surface area contributed by atoms with Gasteiger partial charge in [0.15, 0.2) is 0 Å². The normalized spacial score (nSPS) is 20.6. The highest BCUT2D eigenvalue weighted by molar-refractivity contribution is 6.30. The molecule has 1 amide bonds. The van der Waals surface area contributed by atoms with Crippen molar-refractivity contribution < 1.29 is 9.90 Å². The molecule has 0 bridgehead atoms. The molecule has 0 radical (unpaired) electrons. The highest BCUT2D eigenvalue weighted by Gasteiger charge is 2.38. The summed E-state index contributed by atoms with van der Waals surface area (Å²) in [6.45, 7) is 5.63. The molecule has 2 saturated heterocycles. The lowest BCUT2D eigenvalue weighted by Crippen LogP contribution is -2.54. The predicted octanol–water partition coefficient (Wildman–Crippen LogP) is 3.84. The minimum Gasteiger partial charge on any atom is -0.390 e. The Morgan fingerprint density at radius 2 is 1.58 bits per heavy atom. The number of carbonyl (C=O) groups excluding carboxylic acids is 1. The molecule has 1 aromatic heterocycles. The fraction of sp³-hybridized carbons (Fsp3) is 0.346. The zero-order chi connectivity index (χ0) is 25.2. The number of nitrogens with zero attached hydrogens (tertiary/aromatic N) is 5. The molecule has 2 aliphatic rings. The van der Waals surface area contributed by atoms with Crippen LogP contribution in [0, 0.1) is 6.92 Å². The first-order valence-electron chi connectivity index (χ1n) is 12.0. The van der Waals surface area contributed by atoms with Gasteiger partial charge in [0.2, 0.25) is 5.95 Å². The van der Waals surface area contributed by atoms with Gasteiger partial charge >= 0.3 is 0 Å². The smallest absolute Gasteiger partial charge is 0.253 e. The van der Waals surface area contributed by atoms with Crippen molar-refractivity contribution in [3.05, 3.63) is 75.9 Å². The van der Waals surface area contributed by atoms with Crippen LogP contribution in [0.1, 0.15) is 16.1 Å². The van der Waals surface area contributed by atoms with Crippen LogP contribution in [-0.2, 0) is 0 Å². The number of hydrogen-bond acceptors (Lipinski definition) is 7. The summed E-state index contributed by atoms with van der Waals surface area (Å²) in [6.07, 6.45) is -0.527. The Bertz CT molecular complexity index is 1220. The van der Waals surface area contributed by atoms with Crippen LogP contribution >= 0.6 is 23.2 Å². The van der Waals surface area contributed by atoms with Gasteiger partial charge in [0, 0.05) is 72.3 Å². The summed E-state index contributed by atoms with van der Waals surface area (Å²) in [5.41, 5.74) is 2.36. The molecule has 0 unspecified atom stereocenters. The van der Waals surface area contributed by atoms with Crippen LogP contribution in [0.5, 0.6) is 0 Å². The highest BCUT2D eigenvalue weighted by Crippen LogP contribution is 2.25. The summed E-state index contributed by atoms with van der Waals surface area (Å²) < 4.78 is 0. The fourth-order valence-electron chi connectivity index (χ4n) is 4.76. The van der Waals surface area contributed by atoms with Crippen LogP contribution in [0.25, 0.3) is 0 Å². The van der Waals surface area contributed by atoms with Gasteiger partial charge in [-0.1, -0.05) is 23.2 Å². The molecule has 2 N–H and O–H groups in total. The minimum absolute atomic E-state index is 0.00814. The van der Waals surface area contributed by atoms with E-state index in [-0.39, 0.29) is 11.9 Å². The van der Waals surface area contributed by atoms with Gasteiger partial charge in [-0.3, -0.25) is 9.69 Å². The van der Waals surface area contributed by atoms with Crippen LogP contribution in [0.2, 0.25) is 10.0 Å². The number of anilines is 3. The Labute approximate surface area is 220 Å². The highest BCUT2D eigenvalue weighted by atomic mass is 35.5. The first-order chi connectivity index (χ1) is 17.4. The molecule has 2 aromatic carbocycles. The molecular formula is C26H28Cl2N6O2. The van der Waals surface area contributed by atoms with E-state index in [9.17, 15) is 9.90 Å². The number of benzene rings is 2. The number of carbonyl (C=O) groups is 1. The Morgan fingerprint density at radius 1 is 0.944 bits per heavy atom. The van der Waals surface area contributed by atoms with Crippen LogP contribution in [0.4, 0.5) is 17.5 Å². The Hall–Kier alpha value is -2.91. The summed E-state index contributed by atoms with van der Waals surface area (Å²) in [7, 11) is 0. The van der Waals surface area contributed by atoms with E-state index < -0.39 is 6.10 Å². The largest absolute Gasteiger partial charge is 0.390 e. The van der Waals surface area contributed by atoms with Crippen molar-refractivity contribution in [2.24, 2.45) is 0 Å². The second-order valence-electron chi connectivity index (χ2n) is 9.20. The summed E-state index contributed by atoms with van der Waals surface area (Å²) in [6, 6.07) is 16.3. The lowest BCUT2D eigenvalue weighted by atomic mass is 10.1. The molecule has 3 heterocycles. The van der Waals surface area contributed by atoms with E-state index in [1.165, 1.54) is 0 Å². The second kappa shape index (κ2) is 10.6. The monoisotopic (exact) mass is 526 g/mol. The first-order valence-corrected chi connectivity index (χ1v) is 12.7. The summed E-state index contributed by atoms with van der Waals surface area (Å²) in [5.74, 6) is 1.28.